The highest BCUT2D eigenvalue weighted by molar-refractivity contribution is 6.42. The van der Waals surface area contributed by atoms with Crippen LogP contribution in [0.2, 0.25) is 10.0 Å². The van der Waals surface area contributed by atoms with Gasteiger partial charge in [-0.15, -0.1) is 0 Å². The maximum Gasteiger partial charge on any atom is 0.0624 e. The number of benzene rings is 1. The van der Waals surface area contributed by atoms with Gasteiger partial charge in [-0.1, -0.05) is 35.3 Å². The van der Waals surface area contributed by atoms with Gasteiger partial charge in [0, 0.05) is 24.1 Å². The molecule has 1 fully saturated rings. The van der Waals surface area contributed by atoms with Crippen LogP contribution in [0.15, 0.2) is 18.2 Å². The Balaban J connectivity index is 2.23. The largest absolute Gasteiger partial charge is 0.378 e. The topological polar surface area (TPSA) is 21.3 Å². The van der Waals surface area contributed by atoms with Crippen molar-refractivity contribution in [2.45, 2.75) is 52.2 Å². The van der Waals surface area contributed by atoms with E-state index in [1.54, 1.807) is 0 Å². The van der Waals surface area contributed by atoms with Crippen molar-refractivity contribution in [1.29, 1.82) is 0 Å². The Morgan fingerprint density at radius 2 is 2.05 bits per heavy atom. The normalized spacial score (nSPS) is 26.3. The molecule has 1 aliphatic rings. The fourth-order valence-corrected chi connectivity index (χ4v) is 3.24. The van der Waals surface area contributed by atoms with E-state index in [0.717, 1.165) is 31.6 Å². The molecular weight excluding hydrogens is 305 g/mol. The summed E-state index contributed by atoms with van der Waals surface area (Å²) in [5, 5.41) is 4.93. The Labute approximate surface area is 138 Å². The van der Waals surface area contributed by atoms with E-state index in [0.29, 0.717) is 10.0 Å². The number of rotatable bonds is 4. The minimum atomic E-state index is 0.0710. The van der Waals surface area contributed by atoms with Crippen LogP contribution in [0.4, 0.5) is 0 Å². The van der Waals surface area contributed by atoms with Gasteiger partial charge in [0.25, 0.3) is 0 Å². The highest BCUT2D eigenvalue weighted by Gasteiger charge is 2.42. The van der Waals surface area contributed by atoms with Crippen LogP contribution < -0.4 is 5.32 Å². The molecule has 1 aromatic rings. The van der Waals surface area contributed by atoms with Gasteiger partial charge in [0.2, 0.25) is 0 Å². The zero-order valence-electron chi connectivity index (χ0n) is 13.3. The molecule has 0 spiro atoms. The van der Waals surface area contributed by atoms with Crippen molar-refractivity contribution >= 4 is 23.2 Å². The molecule has 0 amide bonds. The Morgan fingerprint density at radius 3 is 2.62 bits per heavy atom. The predicted molar refractivity (Wildman–Crippen MR) is 90.4 cm³/mol. The van der Waals surface area contributed by atoms with Crippen LogP contribution >= 0.6 is 23.2 Å². The van der Waals surface area contributed by atoms with Crippen LogP contribution in [-0.4, -0.2) is 24.8 Å². The maximum atomic E-state index is 6.38. The Kier molecular flexibility index (Phi) is 5.25. The third kappa shape index (κ3) is 4.13. The van der Waals surface area contributed by atoms with Crippen molar-refractivity contribution in [3.05, 3.63) is 33.8 Å². The summed E-state index contributed by atoms with van der Waals surface area (Å²) in [6.45, 7) is 10.5. The molecule has 1 saturated heterocycles. The molecule has 0 radical (unpaired) electrons. The summed E-state index contributed by atoms with van der Waals surface area (Å²) in [6.07, 6.45) is 2.14. The molecule has 21 heavy (non-hydrogen) atoms. The Morgan fingerprint density at radius 1 is 1.33 bits per heavy atom. The zero-order chi connectivity index (χ0) is 15.7. The van der Waals surface area contributed by atoms with Crippen molar-refractivity contribution in [2.75, 3.05) is 13.2 Å². The Bertz CT molecular complexity index is 498. The molecule has 1 aliphatic heterocycles. The SMILES string of the molecule is CC1OCCC1(CNC(C)(C)C)Cc1cccc(Cl)c1Cl. The molecule has 2 atom stereocenters. The molecular formula is C17H25Cl2NO. The molecule has 0 saturated carbocycles. The molecule has 2 unspecified atom stereocenters. The summed E-state index contributed by atoms with van der Waals surface area (Å²) < 4.78 is 5.86. The van der Waals surface area contributed by atoms with E-state index < -0.39 is 0 Å². The molecule has 1 aromatic carbocycles. The van der Waals surface area contributed by atoms with Crippen LogP contribution in [0.3, 0.4) is 0 Å². The third-order valence-corrected chi connectivity index (χ3v) is 5.23. The molecule has 2 rings (SSSR count). The van der Waals surface area contributed by atoms with Gasteiger partial charge in [-0.3, -0.25) is 0 Å². The number of ether oxygens (including phenoxy) is 1. The smallest absolute Gasteiger partial charge is 0.0624 e. The molecule has 1 heterocycles. The molecule has 0 bridgehead atoms. The summed E-state index contributed by atoms with van der Waals surface area (Å²) in [5.74, 6) is 0. The fourth-order valence-electron chi connectivity index (χ4n) is 2.85. The van der Waals surface area contributed by atoms with Crippen molar-refractivity contribution in [1.82, 2.24) is 5.32 Å². The average molecular weight is 330 g/mol. The summed E-state index contributed by atoms with van der Waals surface area (Å²) in [7, 11) is 0. The predicted octanol–water partition coefficient (Wildman–Crippen LogP) is 4.72. The van der Waals surface area contributed by atoms with Crippen LogP contribution in [0.5, 0.6) is 0 Å². The summed E-state index contributed by atoms with van der Waals surface area (Å²) in [4.78, 5) is 0. The van der Waals surface area contributed by atoms with Gasteiger partial charge in [0.15, 0.2) is 0 Å². The first-order valence-corrected chi connectivity index (χ1v) is 8.29. The van der Waals surface area contributed by atoms with Crippen molar-refractivity contribution in [2.24, 2.45) is 5.41 Å². The second kappa shape index (κ2) is 6.45. The van der Waals surface area contributed by atoms with E-state index in [-0.39, 0.29) is 17.1 Å². The first kappa shape index (κ1) is 17.1. The van der Waals surface area contributed by atoms with E-state index >= 15 is 0 Å². The molecule has 0 aromatic heterocycles. The lowest BCUT2D eigenvalue weighted by molar-refractivity contribution is 0.0598. The van der Waals surface area contributed by atoms with Gasteiger partial charge in [-0.25, -0.2) is 0 Å². The van der Waals surface area contributed by atoms with E-state index in [1.807, 2.05) is 12.1 Å². The van der Waals surface area contributed by atoms with Gasteiger partial charge < -0.3 is 10.1 Å². The van der Waals surface area contributed by atoms with Crippen molar-refractivity contribution < 1.29 is 4.74 Å². The number of halogens is 2. The maximum absolute atomic E-state index is 6.38. The molecule has 1 N–H and O–H groups in total. The van der Waals surface area contributed by atoms with E-state index in [9.17, 15) is 0 Å². The lowest BCUT2D eigenvalue weighted by Crippen LogP contribution is -2.47. The van der Waals surface area contributed by atoms with Gasteiger partial charge in [-0.2, -0.15) is 0 Å². The highest BCUT2D eigenvalue weighted by atomic mass is 35.5. The second-order valence-electron chi connectivity index (χ2n) is 7.12. The number of hydrogen-bond donors (Lipinski definition) is 1. The van der Waals surface area contributed by atoms with Crippen molar-refractivity contribution in [3.63, 3.8) is 0 Å². The van der Waals surface area contributed by atoms with Crippen LogP contribution in [0.1, 0.15) is 39.7 Å². The average Bonchev–Trinajstić information content (AvgIpc) is 2.74. The molecule has 2 nitrogen and oxygen atoms in total. The first-order chi connectivity index (χ1) is 9.73. The summed E-state index contributed by atoms with van der Waals surface area (Å²) >= 11 is 12.5. The van der Waals surface area contributed by atoms with Crippen molar-refractivity contribution in [3.8, 4) is 0 Å². The standard InChI is InChI=1S/C17H25Cl2NO/c1-12-17(8-9-21-12,11-20-16(2,3)4)10-13-6-5-7-14(18)15(13)19/h5-7,12,20H,8-11H2,1-4H3. The minimum Gasteiger partial charge on any atom is -0.378 e. The van der Waals surface area contributed by atoms with Gasteiger partial charge in [0.1, 0.15) is 0 Å². The third-order valence-electron chi connectivity index (χ3n) is 4.38. The highest BCUT2D eigenvalue weighted by Crippen LogP contribution is 2.40. The minimum absolute atomic E-state index is 0.0710. The van der Waals surface area contributed by atoms with Crippen LogP contribution in [-0.2, 0) is 11.2 Å². The van der Waals surface area contributed by atoms with E-state index in [4.69, 9.17) is 27.9 Å². The van der Waals surface area contributed by atoms with Crippen LogP contribution in [0.25, 0.3) is 0 Å². The fraction of sp³-hybridized carbons (Fsp3) is 0.647. The molecule has 118 valence electrons. The second-order valence-corrected chi connectivity index (χ2v) is 7.90. The van der Waals surface area contributed by atoms with Gasteiger partial charge in [0.05, 0.1) is 16.1 Å². The Hall–Kier alpha value is -0.280. The monoisotopic (exact) mass is 329 g/mol. The molecule has 0 aliphatic carbocycles. The quantitative estimate of drug-likeness (QED) is 0.862. The number of nitrogens with one attached hydrogen (secondary N) is 1. The van der Waals surface area contributed by atoms with E-state index in [1.165, 1.54) is 0 Å². The van der Waals surface area contributed by atoms with Gasteiger partial charge in [-0.05, 0) is 52.2 Å². The zero-order valence-corrected chi connectivity index (χ0v) is 14.8. The van der Waals surface area contributed by atoms with Crippen LogP contribution in [0, 0.1) is 5.41 Å². The number of hydrogen-bond acceptors (Lipinski definition) is 2. The van der Waals surface area contributed by atoms with E-state index in [2.05, 4.69) is 39.1 Å². The summed E-state index contributed by atoms with van der Waals surface area (Å²) in [6, 6.07) is 5.87. The summed E-state index contributed by atoms with van der Waals surface area (Å²) in [5.41, 5.74) is 1.27. The first-order valence-electron chi connectivity index (χ1n) is 7.53. The lowest BCUT2D eigenvalue weighted by atomic mass is 9.75. The lowest BCUT2D eigenvalue weighted by Gasteiger charge is -2.36. The molecule has 4 heteroatoms. The van der Waals surface area contributed by atoms with Gasteiger partial charge >= 0.3 is 0 Å².